The van der Waals surface area contributed by atoms with Crippen molar-refractivity contribution >= 4 is 27.6 Å². The molecule has 0 aliphatic carbocycles. The lowest BCUT2D eigenvalue weighted by molar-refractivity contribution is -0.141. The molecular weight excluding hydrogens is 309 g/mol. The Kier molecular flexibility index (Phi) is 4.31. The van der Waals surface area contributed by atoms with Gasteiger partial charge in [0, 0.05) is 23.7 Å². The fourth-order valence-electron chi connectivity index (χ4n) is 2.12. The molecule has 1 aliphatic rings. The van der Waals surface area contributed by atoms with E-state index in [2.05, 4.69) is 0 Å². The highest BCUT2D eigenvalue weighted by Crippen LogP contribution is 2.24. The van der Waals surface area contributed by atoms with Crippen molar-refractivity contribution in [3.05, 3.63) is 34.6 Å². The van der Waals surface area contributed by atoms with E-state index in [0.717, 1.165) is 10.4 Å². The molecule has 8 heteroatoms. The summed E-state index contributed by atoms with van der Waals surface area (Å²) < 4.78 is 39.0. The second kappa shape index (κ2) is 5.67. The van der Waals surface area contributed by atoms with Gasteiger partial charge in [0.25, 0.3) is 0 Å². The first kappa shape index (κ1) is 15.2. The molecule has 5 nitrogen and oxygen atoms in total. The van der Waals surface area contributed by atoms with Crippen LogP contribution in [-0.4, -0.2) is 36.9 Å². The SMILES string of the molecule is O=C(O)C1CCN(S(=O)(=O)Cc2cc(Cl)ccc2F)C1. The van der Waals surface area contributed by atoms with Crippen molar-refractivity contribution < 1.29 is 22.7 Å². The quantitative estimate of drug-likeness (QED) is 0.916. The van der Waals surface area contributed by atoms with Crippen molar-refractivity contribution in [2.75, 3.05) is 13.1 Å². The van der Waals surface area contributed by atoms with Crippen LogP contribution in [0, 0.1) is 11.7 Å². The molecule has 0 radical (unpaired) electrons. The molecule has 0 amide bonds. The Balaban J connectivity index is 2.16. The highest BCUT2D eigenvalue weighted by atomic mass is 35.5. The molecule has 1 aliphatic heterocycles. The van der Waals surface area contributed by atoms with Gasteiger partial charge in [0.05, 0.1) is 11.7 Å². The molecule has 20 heavy (non-hydrogen) atoms. The summed E-state index contributed by atoms with van der Waals surface area (Å²) in [4.78, 5) is 10.8. The fourth-order valence-corrected chi connectivity index (χ4v) is 3.91. The van der Waals surface area contributed by atoms with Crippen LogP contribution in [0.4, 0.5) is 4.39 Å². The molecule has 110 valence electrons. The summed E-state index contributed by atoms with van der Waals surface area (Å²) >= 11 is 5.72. The van der Waals surface area contributed by atoms with Crippen LogP contribution in [0.2, 0.25) is 5.02 Å². The maximum absolute atomic E-state index is 13.6. The molecule has 1 aromatic rings. The lowest BCUT2D eigenvalue weighted by Crippen LogP contribution is -2.31. The average molecular weight is 322 g/mol. The van der Waals surface area contributed by atoms with Gasteiger partial charge in [-0.25, -0.2) is 17.1 Å². The summed E-state index contributed by atoms with van der Waals surface area (Å²) in [6.45, 7) is 0.0708. The van der Waals surface area contributed by atoms with E-state index >= 15 is 0 Å². The minimum atomic E-state index is -3.75. The number of halogens is 2. The Morgan fingerprint density at radius 2 is 2.20 bits per heavy atom. The van der Waals surface area contributed by atoms with Crippen LogP contribution in [0.25, 0.3) is 0 Å². The molecule has 0 saturated carbocycles. The number of carbonyl (C=O) groups is 1. The molecule has 1 saturated heterocycles. The van der Waals surface area contributed by atoms with Crippen molar-refractivity contribution in [2.24, 2.45) is 5.92 Å². The number of nitrogens with zero attached hydrogens (tertiary/aromatic N) is 1. The van der Waals surface area contributed by atoms with Crippen LogP contribution in [0.1, 0.15) is 12.0 Å². The van der Waals surface area contributed by atoms with Crippen molar-refractivity contribution in [1.29, 1.82) is 0 Å². The molecular formula is C12H13ClFNO4S. The van der Waals surface area contributed by atoms with Crippen molar-refractivity contribution in [3.8, 4) is 0 Å². The summed E-state index contributed by atoms with van der Waals surface area (Å²) in [7, 11) is -3.75. The van der Waals surface area contributed by atoms with Crippen LogP contribution < -0.4 is 0 Å². The van der Waals surface area contributed by atoms with Crippen molar-refractivity contribution in [2.45, 2.75) is 12.2 Å². The van der Waals surface area contributed by atoms with Gasteiger partial charge in [-0.1, -0.05) is 11.6 Å². The van der Waals surface area contributed by atoms with Crippen molar-refractivity contribution in [3.63, 3.8) is 0 Å². The lowest BCUT2D eigenvalue weighted by Gasteiger charge is -2.16. The topological polar surface area (TPSA) is 74.7 Å². The number of hydrogen-bond acceptors (Lipinski definition) is 3. The molecule has 0 bridgehead atoms. The first-order valence-corrected chi connectivity index (χ1v) is 7.93. The third kappa shape index (κ3) is 3.28. The van der Waals surface area contributed by atoms with Crippen LogP contribution in [0.3, 0.4) is 0 Å². The summed E-state index contributed by atoms with van der Waals surface area (Å²) in [5.74, 6) is -2.89. The number of carboxylic acid groups (broad SMARTS) is 1. The Hall–Kier alpha value is -1.18. The van der Waals surface area contributed by atoms with Gasteiger partial charge in [-0.2, -0.15) is 0 Å². The van der Waals surface area contributed by atoms with Gasteiger partial charge in [-0.05, 0) is 24.6 Å². The molecule has 1 atom stereocenters. The minimum absolute atomic E-state index is 0.0173. The Morgan fingerprint density at radius 3 is 2.80 bits per heavy atom. The molecule has 1 fully saturated rings. The van der Waals surface area contributed by atoms with Gasteiger partial charge in [0.2, 0.25) is 10.0 Å². The van der Waals surface area contributed by atoms with E-state index in [1.807, 2.05) is 0 Å². The van der Waals surface area contributed by atoms with Gasteiger partial charge in [-0.3, -0.25) is 4.79 Å². The molecule has 1 aromatic carbocycles. The summed E-state index contributed by atoms with van der Waals surface area (Å²) in [5.41, 5.74) is -0.0173. The third-order valence-electron chi connectivity index (χ3n) is 3.24. The Morgan fingerprint density at radius 1 is 1.50 bits per heavy atom. The smallest absolute Gasteiger partial charge is 0.307 e. The highest BCUT2D eigenvalue weighted by Gasteiger charge is 2.35. The van der Waals surface area contributed by atoms with E-state index in [-0.39, 0.29) is 30.1 Å². The van der Waals surface area contributed by atoms with E-state index < -0.39 is 33.5 Å². The monoisotopic (exact) mass is 321 g/mol. The van der Waals surface area contributed by atoms with Crippen LogP contribution >= 0.6 is 11.6 Å². The first-order chi connectivity index (χ1) is 9.29. The Labute approximate surface area is 121 Å². The summed E-state index contributed by atoms with van der Waals surface area (Å²) in [6, 6.07) is 3.71. The molecule has 1 unspecified atom stereocenters. The van der Waals surface area contributed by atoms with Crippen LogP contribution in [0.15, 0.2) is 18.2 Å². The van der Waals surface area contributed by atoms with Gasteiger partial charge in [0.1, 0.15) is 5.82 Å². The molecule has 1 heterocycles. The van der Waals surface area contributed by atoms with E-state index in [4.69, 9.17) is 16.7 Å². The second-order valence-corrected chi connectivity index (χ2v) is 7.08. The highest BCUT2D eigenvalue weighted by molar-refractivity contribution is 7.88. The largest absolute Gasteiger partial charge is 0.481 e. The van der Waals surface area contributed by atoms with E-state index in [1.165, 1.54) is 12.1 Å². The minimum Gasteiger partial charge on any atom is -0.481 e. The zero-order valence-electron chi connectivity index (χ0n) is 10.4. The maximum Gasteiger partial charge on any atom is 0.307 e. The molecule has 0 spiro atoms. The number of rotatable bonds is 4. The van der Waals surface area contributed by atoms with E-state index in [9.17, 15) is 17.6 Å². The summed E-state index contributed by atoms with van der Waals surface area (Å²) in [6.07, 6.45) is 0.270. The number of sulfonamides is 1. The number of benzene rings is 1. The van der Waals surface area contributed by atoms with Crippen LogP contribution in [-0.2, 0) is 20.6 Å². The van der Waals surface area contributed by atoms with E-state index in [1.54, 1.807) is 0 Å². The normalized spacial score (nSPS) is 20.2. The zero-order valence-corrected chi connectivity index (χ0v) is 12.0. The van der Waals surface area contributed by atoms with Crippen LogP contribution in [0.5, 0.6) is 0 Å². The maximum atomic E-state index is 13.6. The number of aliphatic carboxylic acids is 1. The third-order valence-corrected chi connectivity index (χ3v) is 5.27. The van der Waals surface area contributed by atoms with Crippen molar-refractivity contribution in [1.82, 2.24) is 4.31 Å². The predicted molar refractivity (Wildman–Crippen MR) is 71.3 cm³/mol. The summed E-state index contributed by atoms with van der Waals surface area (Å²) in [5, 5.41) is 9.12. The molecule has 2 rings (SSSR count). The second-order valence-electron chi connectivity index (χ2n) is 4.67. The molecule has 1 N–H and O–H groups in total. The fraction of sp³-hybridized carbons (Fsp3) is 0.417. The van der Waals surface area contributed by atoms with Gasteiger partial charge < -0.3 is 5.11 Å². The van der Waals surface area contributed by atoms with Gasteiger partial charge in [0.15, 0.2) is 0 Å². The van der Waals surface area contributed by atoms with Gasteiger partial charge in [-0.15, -0.1) is 0 Å². The van der Waals surface area contributed by atoms with Gasteiger partial charge >= 0.3 is 5.97 Å². The first-order valence-electron chi connectivity index (χ1n) is 5.94. The molecule has 0 aromatic heterocycles. The number of carboxylic acids is 1. The lowest BCUT2D eigenvalue weighted by atomic mass is 10.1. The van der Waals surface area contributed by atoms with E-state index in [0.29, 0.717) is 0 Å². The number of hydrogen-bond donors (Lipinski definition) is 1. The predicted octanol–water partition coefficient (Wildman–Crippen LogP) is 1.72. The average Bonchev–Trinajstić information content (AvgIpc) is 2.84. The Bertz CT molecular complexity index is 634. The standard InChI is InChI=1S/C12H13ClFNO4S/c13-10-1-2-11(14)9(5-10)7-20(18,19)15-4-3-8(6-15)12(16)17/h1-2,5,8H,3-4,6-7H2,(H,16,17). The zero-order chi connectivity index (χ0) is 14.9.